The van der Waals surface area contributed by atoms with Gasteiger partial charge < -0.3 is 5.11 Å². The van der Waals surface area contributed by atoms with Crippen molar-refractivity contribution < 1.29 is 13.5 Å². The molecule has 0 spiro atoms. The van der Waals surface area contributed by atoms with E-state index in [9.17, 15) is 13.5 Å². The molecule has 0 bridgehead atoms. The summed E-state index contributed by atoms with van der Waals surface area (Å²) in [5.74, 6) is -0.0635. The molecule has 6 heteroatoms. The summed E-state index contributed by atoms with van der Waals surface area (Å²) in [4.78, 5) is 0. The highest BCUT2D eigenvalue weighted by atomic mass is 35.5. The molecule has 2 aromatic carbocycles. The summed E-state index contributed by atoms with van der Waals surface area (Å²) in [7, 11) is -3.51. The molecule has 1 atom stereocenters. The highest BCUT2D eigenvalue weighted by molar-refractivity contribution is 7.92. The zero-order valence-electron chi connectivity index (χ0n) is 11.8. The van der Waals surface area contributed by atoms with Gasteiger partial charge in [-0.3, -0.25) is 4.31 Å². The normalized spacial score (nSPS) is 18.1. The van der Waals surface area contributed by atoms with Crippen molar-refractivity contribution >= 4 is 27.3 Å². The fourth-order valence-electron chi connectivity index (χ4n) is 2.69. The van der Waals surface area contributed by atoms with Crippen LogP contribution >= 0.6 is 11.6 Å². The van der Waals surface area contributed by atoms with Gasteiger partial charge in [-0.25, -0.2) is 8.42 Å². The second kappa shape index (κ2) is 5.91. The lowest BCUT2D eigenvalue weighted by atomic mass is 10.0. The maximum atomic E-state index is 12.7. The SMILES string of the molecule is O=S(=O)(Cc1ccccc1)N1CCC(O)c2cc(Cl)ccc21. The summed E-state index contributed by atoms with van der Waals surface area (Å²) in [6.45, 7) is 0.269. The van der Waals surface area contributed by atoms with E-state index in [-0.39, 0.29) is 12.3 Å². The predicted molar refractivity (Wildman–Crippen MR) is 87.4 cm³/mol. The second-order valence-electron chi connectivity index (χ2n) is 5.32. The van der Waals surface area contributed by atoms with E-state index in [1.807, 2.05) is 18.2 Å². The predicted octanol–water partition coefficient (Wildman–Crippen LogP) is 3.11. The van der Waals surface area contributed by atoms with Gasteiger partial charge in [0.2, 0.25) is 10.0 Å². The minimum atomic E-state index is -3.51. The van der Waals surface area contributed by atoms with Crippen LogP contribution in [0.2, 0.25) is 5.02 Å². The standard InChI is InChI=1S/C16H16ClNO3S/c17-13-6-7-15-14(10-13)16(19)8-9-18(15)22(20,21)11-12-4-2-1-3-5-12/h1-7,10,16,19H,8-9,11H2. The van der Waals surface area contributed by atoms with Crippen LogP contribution < -0.4 is 4.31 Å². The van der Waals surface area contributed by atoms with Crippen molar-refractivity contribution in [3.63, 3.8) is 0 Å². The van der Waals surface area contributed by atoms with E-state index in [4.69, 9.17) is 11.6 Å². The number of nitrogens with zero attached hydrogens (tertiary/aromatic N) is 1. The number of aliphatic hydroxyl groups is 1. The van der Waals surface area contributed by atoms with Crippen LogP contribution in [0.25, 0.3) is 0 Å². The number of anilines is 1. The van der Waals surface area contributed by atoms with Gasteiger partial charge in [-0.15, -0.1) is 0 Å². The molecule has 2 aromatic rings. The first kappa shape index (κ1) is 15.3. The molecule has 0 aromatic heterocycles. The van der Waals surface area contributed by atoms with Crippen molar-refractivity contribution in [2.75, 3.05) is 10.8 Å². The third kappa shape index (κ3) is 2.97. The van der Waals surface area contributed by atoms with Crippen molar-refractivity contribution in [1.29, 1.82) is 0 Å². The third-order valence-corrected chi connectivity index (χ3v) is 5.73. The van der Waals surface area contributed by atoms with Gasteiger partial charge in [0, 0.05) is 17.1 Å². The van der Waals surface area contributed by atoms with Crippen LogP contribution in [0.5, 0.6) is 0 Å². The number of hydrogen-bond donors (Lipinski definition) is 1. The van der Waals surface area contributed by atoms with E-state index in [0.717, 1.165) is 5.56 Å². The van der Waals surface area contributed by atoms with E-state index >= 15 is 0 Å². The molecular weight excluding hydrogens is 322 g/mol. The Kier molecular flexibility index (Phi) is 4.12. The summed E-state index contributed by atoms with van der Waals surface area (Å²) in [5, 5.41) is 10.6. The number of rotatable bonds is 3. The zero-order chi connectivity index (χ0) is 15.7. The van der Waals surface area contributed by atoms with Crippen LogP contribution in [0, 0.1) is 0 Å². The summed E-state index contributed by atoms with van der Waals surface area (Å²) in [5.41, 5.74) is 1.82. The van der Waals surface area contributed by atoms with Crippen molar-refractivity contribution in [2.24, 2.45) is 0 Å². The molecule has 1 N–H and O–H groups in total. The smallest absolute Gasteiger partial charge is 0.239 e. The zero-order valence-corrected chi connectivity index (χ0v) is 13.4. The first-order chi connectivity index (χ1) is 10.5. The Morgan fingerprint density at radius 2 is 1.91 bits per heavy atom. The topological polar surface area (TPSA) is 57.6 Å². The van der Waals surface area contributed by atoms with Gasteiger partial charge >= 0.3 is 0 Å². The largest absolute Gasteiger partial charge is 0.388 e. The van der Waals surface area contributed by atoms with Crippen molar-refractivity contribution in [2.45, 2.75) is 18.3 Å². The Labute approximate surface area is 135 Å². The van der Waals surface area contributed by atoms with Crippen LogP contribution in [0.3, 0.4) is 0 Å². The molecule has 0 saturated heterocycles. The summed E-state index contributed by atoms with van der Waals surface area (Å²) < 4.78 is 26.8. The number of sulfonamides is 1. The number of hydrogen-bond acceptors (Lipinski definition) is 3. The summed E-state index contributed by atoms with van der Waals surface area (Å²) >= 11 is 5.95. The molecule has 1 unspecified atom stereocenters. The lowest BCUT2D eigenvalue weighted by Crippen LogP contribution is -2.37. The van der Waals surface area contributed by atoms with Crippen LogP contribution in [0.1, 0.15) is 23.7 Å². The molecule has 0 aliphatic carbocycles. The van der Waals surface area contributed by atoms with Gasteiger partial charge in [0.25, 0.3) is 0 Å². The van der Waals surface area contributed by atoms with Gasteiger partial charge in [-0.1, -0.05) is 41.9 Å². The van der Waals surface area contributed by atoms with E-state index < -0.39 is 16.1 Å². The Hall–Kier alpha value is -1.56. The summed E-state index contributed by atoms with van der Waals surface area (Å²) in [6.07, 6.45) is -0.321. The van der Waals surface area contributed by atoms with E-state index in [0.29, 0.717) is 22.7 Å². The Bertz CT molecular complexity index is 777. The molecular formula is C16H16ClNO3S. The first-order valence-corrected chi connectivity index (χ1v) is 8.98. The molecule has 1 aliphatic rings. The lowest BCUT2D eigenvalue weighted by Gasteiger charge is -2.33. The fourth-order valence-corrected chi connectivity index (χ4v) is 4.49. The Morgan fingerprint density at radius 3 is 2.64 bits per heavy atom. The quantitative estimate of drug-likeness (QED) is 0.936. The lowest BCUT2D eigenvalue weighted by molar-refractivity contribution is 0.166. The number of aliphatic hydroxyl groups excluding tert-OH is 1. The van der Waals surface area contributed by atoms with Gasteiger partial charge in [-0.2, -0.15) is 0 Å². The molecule has 0 radical (unpaired) electrons. The van der Waals surface area contributed by atoms with Crippen LogP contribution in [0.15, 0.2) is 48.5 Å². The van der Waals surface area contributed by atoms with Crippen molar-refractivity contribution in [1.82, 2.24) is 0 Å². The van der Waals surface area contributed by atoms with Gasteiger partial charge in [-0.05, 0) is 30.2 Å². The van der Waals surface area contributed by atoms with E-state index in [1.165, 1.54) is 4.31 Å². The van der Waals surface area contributed by atoms with E-state index in [2.05, 4.69) is 0 Å². The highest BCUT2D eigenvalue weighted by Gasteiger charge is 2.31. The van der Waals surface area contributed by atoms with Gasteiger partial charge in [0.1, 0.15) is 0 Å². The third-order valence-electron chi connectivity index (χ3n) is 3.75. The second-order valence-corrected chi connectivity index (χ2v) is 7.65. The Morgan fingerprint density at radius 1 is 1.18 bits per heavy atom. The first-order valence-electron chi connectivity index (χ1n) is 6.99. The van der Waals surface area contributed by atoms with Crippen LogP contribution in [-0.4, -0.2) is 20.1 Å². The number of fused-ring (bicyclic) bond motifs is 1. The summed E-state index contributed by atoms with van der Waals surface area (Å²) in [6, 6.07) is 14.0. The van der Waals surface area contributed by atoms with Crippen LogP contribution in [-0.2, 0) is 15.8 Å². The molecule has 1 aliphatic heterocycles. The monoisotopic (exact) mass is 337 g/mol. The van der Waals surface area contributed by atoms with Gasteiger partial charge in [0.15, 0.2) is 0 Å². The fraction of sp³-hybridized carbons (Fsp3) is 0.250. The molecule has 0 amide bonds. The maximum absolute atomic E-state index is 12.7. The molecule has 0 saturated carbocycles. The van der Waals surface area contributed by atoms with E-state index in [1.54, 1.807) is 30.3 Å². The number of halogens is 1. The molecule has 4 nitrogen and oxygen atoms in total. The molecule has 3 rings (SSSR count). The maximum Gasteiger partial charge on any atom is 0.239 e. The van der Waals surface area contributed by atoms with Crippen LogP contribution in [0.4, 0.5) is 5.69 Å². The highest BCUT2D eigenvalue weighted by Crippen LogP contribution is 2.37. The Balaban J connectivity index is 1.97. The average Bonchev–Trinajstić information content (AvgIpc) is 2.48. The molecule has 1 heterocycles. The average molecular weight is 338 g/mol. The minimum absolute atomic E-state index is 0.0635. The van der Waals surface area contributed by atoms with Crippen molar-refractivity contribution in [3.8, 4) is 0 Å². The molecule has 22 heavy (non-hydrogen) atoms. The molecule has 116 valence electrons. The number of benzene rings is 2. The minimum Gasteiger partial charge on any atom is -0.388 e. The van der Waals surface area contributed by atoms with Crippen molar-refractivity contribution in [3.05, 3.63) is 64.7 Å². The molecule has 0 fully saturated rings. The van der Waals surface area contributed by atoms with Gasteiger partial charge in [0.05, 0.1) is 17.5 Å².